The fourth-order valence-electron chi connectivity index (χ4n) is 2.56. The Hall–Kier alpha value is -2.55. The van der Waals surface area contributed by atoms with Crippen LogP contribution in [0.25, 0.3) is 15.8 Å². The van der Waals surface area contributed by atoms with Gasteiger partial charge >= 0.3 is 0 Å². The van der Waals surface area contributed by atoms with E-state index in [1.54, 1.807) is 23.1 Å². The van der Waals surface area contributed by atoms with Gasteiger partial charge in [0.05, 0.1) is 26.5 Å². The van der Waals surface area contributed by atoms with Crippen LogP contribution in [0.15, 0.2) is 70.6 Å². The molecule has 0 amide bonds. The van der Waals surface area contributed by atoms with E-state index >= 15 is 0 Å². The number of thioether (sulfide) groups is 1. The summed E-state index contributed by atoms with van der Waals surface area (Å²) in [5.41, 5.74) is 2.72. The molecule has 1 aliphatic rings. The van der Waals surface area contributed by atoms with Gasteiger partial charge < -0.3 is 4.90 Å². The number of aromatic nitrogens is 1. The highest BCUT2D eigenvalue weighted by Crippen LogP contribution is 2.44. The second kappa shape index (κ2) is 6.16. The average molecular weight is 347 g/mol. The number of allylic oxidation sites excluding steroid dienone is 3. The molecule has 24 heavy (non-hydrogen) atoms. The SMILES string of the molecule is CN1/C(=C/C=C(\C#N)c2nc3ccccc3s2)Sc2ccccc21. The van der Waals surface area contributed by atoms with Crippen molar-refractivity contribution in [1.82, 2.24) is 4.98 Å². The predicted molar refractivity (Wildman–Crippen MR) is 102 cm³/mol. The summed E-state index contributed by atoms with van der Waals surface area (Å²) in [4.78, 5) is 7.94. The quantitative estimate of drug-likeness (QED) is 0.591. The molecular weight excluding hydrogens is 334 g/mol. The van der Waals surface area contributed by atoms with Crippen LogP contribution in [0.4, 0.5) is 5.69 Å². The Labute approximate surface area is 148 Å². The van der Waals surface area contributed by atoms with E-state index in [1.165, 1.54) is 10.6 Å². The fraction of sp³-hybridized carbons (Fsp3) is 0.0526. The lowest BCUT2D eigenvalue weighted by atomic mass is 10.2. The standard InChI is InChI=1S/C19H13N3S2/c1-22-15-7-3-5-9-17(15)23-18(22)11-10-13(12-20)19-21-14-6-2-4-8-16(14)24-19/h2-11H,1H3/b13-10+,18-11-. The predicted octanol–water partition coefficient (Wildman–Crippen LogP) is 5.29. The van der Waals surface area contributed by atoms with Crippen molar-refractivity contribution in [3.63, 3.8) is 0 Å². The van der Waals surface area contributed by atoms with E-state index in [0.717, 1.165) is 20.3 Å². The topological polar surface area (TPSA) is 39.9 Å². The van der Waals surface area contributed by atoms with Crippen molar-refractivity contribution in [3.8, 4) is 6.07 Å². The Morgan fingerprint density at radius 1 is 1.17 bits per heavy atom. The maximum absolute atomic E-state index is 9.52. The highest BCUT2D eigenvalue weighted by atomic mass is 32.2. The third kappa shape index (κ3) is 2.60. The molecule has 0 radical (unpaired) electrons. The Morgan fingerprint density at radius 2 is 1.96 bits per heavy atom. The number of nitriles is 1. The van der Waals surface area contributed by atoms with Gasteiger partial charge in [0.25, 0.3) is 0 Å². The molecule has 0 spiro atoms. The lowest BCUT2D eigenvalue weighted by Gasteiger charge is -2.12. The van der Waals surface area contributed by atoms with Gasteiger partial charge in [-0.25, -0.2) is 4.98 Å². The van der Waals surface area contributed by atoms with Gasteiger partial charge in [-0.3, -0.25) is 0 Å². The van der Waals surface area contributed by atoms with Crippen molar-refractivity contribution in [1.29, 1.82) is 5.26 Å². The third-order valence-corrected chi connectivity index (χ3v) is 6.06. The largest absolute Gasteiger partial charge is 0.338 e. The first-order valence-corrected chi connectivity index (χ1v) is 9.08. The molecule has 3 aromatic rings. The monoisotopic (exact) mass is 347 g/mol. The molecule has 2 heterocycles. The van der Waals surface area contributed by atoms with E-state index in [2.05, 4.69) is 28.1 Å². The first-order chi connectivity index (χ1) is 11.8. The molecule has 0 atom stereocenters. The van der Waals surface area contributed by atoms with Crippen molar-refractivity contribution in [2.45, 2.75) is 4.90 Å². The zero-order valence-corrected chi connectivity index (χ0v) is 14.6. The Bertz CT molecular complexity index is 991. The summed E-state index contributed by atoms with van der Waals surface area (Å²) in [5.74, 6) is 0. The number of para-hydroxylation sites is 2. The Kier molecular flexibility index (Phi) is 3.85. The van der Waals surface area contributed by atoms with Crippen LogP contribution in [-0.2, 0) is 0 Å². The molecule has 1 aliphatic heterocycles. The number of thiazole rings is 1. The van der Waals surface area contributed by atoms with Gasteiger partial charge in [-0.1, -0.05) is 36.0 Å². The van der Waals surface area contributed by atoms with Crippen molar-refractivity contribution < 1.29 is 0 Å². The van der Waals surface area contributed by atoms with E-state index in [4.69, 9.17) is 0 Å². The van der Waals surface area contributed by atoms with Gasteiger partial charge in [-0.2, -0.15) is 5.26 Å². The smallest absolute Gasteiger partial charge is 0.135 e. The highest BCUT2D eigenvalue weighted by molar-refractivity contribution is 8.03. The second-order valence-electron chi connectivity index (χ2n) is 5.31. The van der Waals surface area contributed by atoms with Crippen LogP contribution in [0.3, 0.4) is 0 Å². The fourth-order valence-corrected chi connectivity index (χ4v) is 4.56. The second-order valence-corrected chi connectivity index (χ2v) is 7.41. The van der Waals surface area contributed by atoms with Crippen LogP contribution in [-0.4, -0.2) is 12.0 Å². The minimum Gasteiger partial charge on any atom is -0.338 e. The first-order valence-electron chi connectivity index (χ1n) is 7.45. The number of anilines is 1. The van der Waals surface area contributed by atoms with Gasteiger partial charge in [-0.15, -0.1) is 11.3 Å². The van der Waals surface area contributed by atoms with Gasteiger partial charge in [0, 0.05) is 11.9 Å². The molecule has 3 nitrogen and oxygen atoms in total. The zero-order chi connectivity index (χ0) is 16.5. The number of benzene rings is 2. The summed E-state index contributed by atoms with van der Waals surface area (Å²) in [6.07, 6.45) is 3.86. The molecule has 1 aromatic heterocycles. The third-order valence-electron chi connectivity index (χ3n) is 3.81. The summed E-state index contributed by atoms with van der Waals surface area (Å²) < 4.78 is 1.10. The summed E-state index contributed by atoms with van der Waals surface area (Å²) in [5, 5.41) is 11.4. The lowest BCUT2D eigenvalue weighted by molar-refractivity contribution is 1.17. The van der Waals surface area contributed by atoms with Crippen molar-refractivity contribution in [2.75, 3.05) is 11.9 Å². The summed E-state index contributed by atoms with van der Waals surface area (Å²) >= 11 is 3.26. The van der Waals surface area contributed by atoms with Crippen LogP contribution in [0.5, 0.6) is 0 Å². The number of rotatable bonds is 2. The minimum atomic E-state index is 0.591. The van der Waals surface area contributed by atoms with E-state index in [0.29, 0.717) is 5.57 Å². The molecule has 116 valence electrons. The summed E-state index contributed by atoms with van der Waals surface area (Å²) in [6, 6.07) is 18.5. The molecular formula is C19H13N3S2. The van der Waals surface area contributed by atoms with Gasteiger partial charge in [-0.05, 0) is 36.4 Å². The molecule has 0 bridgehead atoms. The van der Waals surface area contributed by atoms with Crippen LogP contribution >= 0.6 is 23.1 Å². The van der Waals surface area contributed by atoms with E-state index in [1.807, 2.05) is 55.6 Å². The Morgan fingerprint density at radius 3 is 2.75 bits per heavy atom. The number of hydrogen-bond acceptors (Lipinski definition) is 5. The molecule has 0 saturated carbocycles. The Balaban J connectivity index is 1.68. The number of fused-ring (bicyclic) bond motifs is 2. The van der Waals surface area contributed by atoms with Crippen LogP contribution in [0, 0.1) is 11.3 Å². The van der Waals surface area contributed by atoms with Crippen molar-refractivity contribution >= 4 is 44.6 Å². The first kappa shape index (κ1) is 15.0. The van der Waals surface area contributed by atoms with Crippen LogP contribution < -0.4 is 4.90 Å². The zero-order valence-electron chi connectivity index (χ0n) is 12.9. The maximum atomic E-state index is 9.52. The summed E-state index contributed by atoms with van der Waals surface area (Å²) in [7, 11) is 2.04. The average Bonchev–Trinajstić information content (AvgIpc) is 3.17. The van der Waals surface area contributed by atoms with E-state index in [9.17, 15) is 5.26 Å². The van der Waals surface area contributed by atoms with Crippen LogP contribution in [0.1, 0.15) is 5.01 Å². The molecule has 0 aliphatic carbocycles. The highest BCUT2D eigenvalue weighted by Gasteiger charge is 2.20. The molecule has 2 aromatic carbocycles. The van der Waals surface area contributed by atoms with Crippen LogP contribution in [0.2, 0.25) is 0 Å². The molecule has 0 N–H and O–H groups in total. The minimum absolute atomic E-state index is 0.591. The van der Waals surface area contributed by atoms with E-state index in [-0.39, 0.29) is 0 Å². The summed E-state index contributed by atoms with van der Waals surface area (Å²) in [6.45, 7) is 0. The van der Waals surface area contributed by atoms with Gasteiger partial charge in [0.1, 0.15) is 11.1 Å². The van der Waals surface area contributed by atoms with E-state index < -0.39 is 0 Å². The number of hydrogen-bond donors (Lipinski definition) is 0. The van der Waals surface area contributed by atoms with Crippen molar-refractivity contribution in [3.05, 3.63) is 70.7 Å². The van der Waals surface area contributed by atoms with Gasteiger partial charge in [0.15, 0.2) is 0 Å². The normalized spacial score (nSPS) is 15.8. The number of nitrogens with zero attached hydrogens (tertiary/aromatic N) is 3. The molecule has 5 heteroatoms. The maximum Gasteiger partial charge on any atom is 0.135 e. The molecule has 0 fully saturated rings. The molecule has 4 rings (SSSR count). The lowest BCUT2D eigenvalue weighted by Crippen LogP contribution is -2.08. The molecule has 0 saturated heterocycles. The molecule has 0 unspecified atom stereocenters. The van der Waals surface area contributed by atoms with Gasteiger partial charge in [0.2, 0.25) is 0 Å². The van der Waals surface area contributed by atoms with Crippen molar-refractivity contribution in [2.24, 2.45) is 0 Å².